The van der Waals surface area contributed by atoms with Crippen molar-refractivity contribution < 1.29 is 9.47 Å². The lowest BCUT2D eigenvalue weighted by atomic mass is 10.2. The minimum Gasteiger partial charge on any atom is -0.490 e. The number of aryl methyl sites for hydroxylation is 2. The summed E-state index contributed by atoms with van der Waals surface area (Å²) < 4.78 is 13.3. The Balaban J connectivity index is 1.70. The Bertz CT molecular complexity index is 622. The molecule has 5 nitrogen and oxygen atoms in total. The summed E-state index contributed by atoms with van der Waals surface area (Å²) in [4.78, 5) is 0. The first kappa shape index (κ1) is 13.8. The second-order valence-electron chi connectivity index (χ2n) is 5.17. The van der Waals surface area contributed by atoms with Gasteiger partial charge in [0.05, 0.1) is 31.1 Å². The average molecular weight is 287 g/mol. The van der Waals surface area contributed by atoms with Gasteiger partial charge >= 0.3 is 0 Å². The van der Waals surface area contributed by atoms with E-state index in [4.69, 9.17) is 9.47 Å². The van der Waals surface area contributed by atoms with Gasteiger partial charge in [-0.15, -0.1) is 0 Å². The molecule has 0 atom stereocenters. The molecule has 0 unspecified atom stereocenters. The summed E-state index contributed by atoms with van der Waals surface area (Å²) in [5, 5.41) is 7.87. The third-order valence-electron chi connectivity index (χ3n) is 3.61. The van der Waals surface area contributed by atoms with E-state index in [1.54, 1.807) is 0 Å². The number of nitrogens with zero attached hydrogens (tertiary/aromatic N) is 2. The zero-order valence-corrected chi connectivity index (χ0v) is 12.6. The predicted molar refractivity (Wildman–Crippen MR) is 82.0 cm³/mol. The molecule has 112 valence electrons. The molecule has 0 spiro atoms. The number of hydrogen-bond acceptors (Lipinski definition) is 4. The Morgan fingerprint density at radius 3 is 2.76 bits per heavy atom. The predicted octanol–water partition coefficient (Wildman–Crippen LogP) is 2.76. The third-order valence-corrected chi connectivity index (χ3v) is 3.61. The van der Waals surface area contributed by atoms with E-state index in [1.165, 1.54) is 5.69 Å². The topological polar surface area (TPSA) is 48.3 Å². The number of aromatic nitrogens is 2. The number of fused-ring (bicyclic) bond motifs is 1. The van der Waals surface area contributed by atoms with Crippen LogP contribution in [0.4, 0.5) is 5.69 Å². The lowest BCUT2D eigenvalue weighted by molar-refractivity contribution is 0.297. The Morgan fingerprint density at radius 1 is 1.19 bits per heavy atom. The monoisotopic (exact) mass is 287 g/mol. The van der Waals surface area contributed by atoms with Crippen LogP contribution < -0.4 is 14.8 Å². The van der Waals surface area contributed by atoms with Crippen LogP contribution in [0.1, 0.15) is 24.7 Å². The van der Waals surface area contributed by atoms with E-state index in [1.807, 2.05) is 29.9 Å². The first-order valence-corrected chi connectivity index (χ1v) is 7.41. The van der Waals surface area contributed by atoms with Gasteiger partial charge in [-0.05, 0) is 24.6 Å². The molecular weight excluding hydrogens is 266 g/mol. The SMILES string of the molecule is CCc1cc(CNc2ccc3c(c2)OCCCO3)n(C)n1. The van der Waals surface area contributed by atoms with Crippen molar-refractivity contribution in [1.29, 1.82) is 0 Å². The number of ether oxygens (including phenoxy) is 2. The van der Waals surface area contributed by atoms with Gasteiger partial charge < -0.3 is 14.8 Å². The highest BCUT2D eigenvalue weighted by Gasteiger charge is 2.11. The minimum atomic E-state index is 0.706. The second kappa shape index (κ2) is 6.08. The molecule has 1 aromatic carbocycles. The molecule has 2 aromatic rings. The van der Waals surface area contributed by atoms with Crippen LogP contribution in [0.5, 0.6) is 11.5 Å². The van der Waals surface area contributed by atoms with Crippen molar-refractivity contribution in [2.24, 2.45) is 7.05 Å². The highest BCUT2D eigenvalue weighted by molar-refractivity contribution is 5.55. The molecule has 0 amide bonds. The fourth-order valence-corrected chi connectivity index (χ4v) is 2.38. The van der Waals surface area contributed by atoms with Crippen LogP contribution in [0.2, 0.25) is 0 Å². The molecule has 1 aromatic heterocycles. The van der Waals surface area contributed by atoms with Gasteiger partial charge in [0.1, 0.15) is 0 Å². The van der Waals surface area contributed by atoms with E-state index >= 15 is 0 Å². The summed E-state index contributed by atoms with van der Waals surface area (Å²) in [6.45, 7) is 4.28. The molecule has 1 aliphatic heterocycles. The molecule has 3 rings (SSSR count). The number of benzene rings is 1. The summed E-state index contributed by atoms with van der Waals surface area (Å²) in [7, 11) is 1.98. The largest absolute Gasteiger partial charge is 0.490 e. The maximum atomic E-state index is 5.70. The van der Waals surface area contributed by atoms with Crippen molar-refractivity contribution in [2.45, 2.75) is 26.3 Å². The fourth-order valence-electron chi connectivity index (χ4n) is 2.38. The molecule has 21 heavy (non-hydrogen) atoms. The van der Waals surface area contributed by atoms with Gasteiger partial charge in [-0.2, -0.15) is 5.10 Å². The lowest BCUT2D eigenvalue weighted by Crippen LogP contribution is -2.05. The Labute approximate surface area is 124 Å². The van der Waals surface area contributed by atoms with E-state index in [2.05, 4.69) is 23.4 Å². The van der Waals surface area contributed by atoms with Crippen molar-refractivity contribution >= 4 is 5.69 Å². The van der Waals surface area contributed by atoms with Crippen molar-refractivity contribution in [3.8, 4) is 11.5 Å². The zero-order chi connectivity index (χ0) is 14.7. The molecule has 0 aliphatic carbocycles. The molecule has 1 aliphatic rings. The van der Waals surface area contributed by atoms with E-state index in [0.29, 0.717) is 13.2 Å². The summed E-state index contributed by atoms with van der Waals surface area (Å²) in [6, 6.07) is 8.11. The number of nitrogens with one attached hydrogen (secondary N) is 1. The van der Waals surface area contributed by atoms with E-state index in [0.717, 1.165) is 42.3 Å². The van der Waals surface area contributed by atoms with Gasteiger partial charge in [0.15, 0.2) is 11.5 Å². The molecule has 2 heterocycles. The van der Waals surface area contributed by atoms with Crippen molar-refractivity contribution in [1.82, 2.24) is 9.78 Å². The van der Waals surface area contributed by atoms with E-state index in [-0.39, 0.29) is 0 Å². The molecule has 0 saturated heterocycles. The van der Waals surface area contributed by atoms with Gasteiger partial charge in [0.25, 0.3) is 0 Å². The fraction of sp³-hybridized carbons (Fsp3) is 0.438. The van der Waals surface area contributed by atoms with Gasteiger partial charge in [0.2, 0.25) is 0 Å². The highest BCUT2D eigenvalue weighted by Crippen LogP contribution is 2.32. The standard InChI is InChI=1S/C16H21N3O2/c1-3-12-9-14(19(2)18-12)11-17-13-5-6-15-16(10-13)21-8-4-7-20-15/h5-6,9-10,17H,3-4,7-8,11H2,1-2H3. The molecule has 0 saturated carbocycles. The zero-order valence-electron chi connectivity index (χ0n) is 12.6. The van der Waals surface area contributed by atoms with E-state index < -0.39 is 0 Å². The second-order valence-corrected chi connectivity index (χ2v) is 5.17. The Hall–Kier alpha value is -2.17. The third kappa shape index (κ3) is 3.12. The Morgan fingerprint density at radius 2 is 2.00 bits per heavy atom. The van der Waals surface area contributed by atoms with Gasteiger partial charge in [-0.3, -0.25) is 4.68 Å². The molecule has 5 heteroatoms. The molecule has 0 radical (unpaired) electrons. The first-order valence-electron chi connectivity index (χ1n) is 7.41. The highest BCUT2D eigenvalue weighted by atomic mass is 16.5. The minimum absolute atomic E-state index is 0.706. The van der Waals surface area contributed by atoms with Crippen molar-refractivity contribution in [3.05, 3.63) is 35.7 Å². The van der Waals surface area contributed by atoms with Crippen LogP contribution in [-0.4, -0.2) is 23.0 Å². The van der Waals surface area contributed by atoms with Crippen LogP contribution >= 0.6 is 0 Å². The van der Waals surface area contributed by atoms with Crippen molar-refractivity contribution in [2.75, 3.05) is 18.5 Å². The van der Waals surface area contributed by atoms with Crippen LogP contribution in [0.3, 0.4) is 0 Å². The summed E-state index contributed by atoms with van der Waals surface area (Å²) in [5.41, 5.74) is 3.31. The first-order chi connectivity index (χ1) is 10.3. The smallest absolute Gasteiger partial charge is 0.163 e. The number of rotatable bonds is 4. The average Bonchev–Trinajstić information content (AvgIpc) is 2.71. The van der Waals surface area contributed by atoms with Crippen LogP contribution in [0, 0.1) is 0 Å². The number of hydrogen-bond donors (Lipinski definition) is 1. The quantitative estimate of drug-likeness (QED) is 0.939. The number of anilines is 1. The van der Waals surface area contributed by atoms with Crippen LogP contribution in [0.25, 0.3) is 0 Å². The molecular formula is C16H21N3O2. The summed E-state index contributed by atoms with van der Waals surface area (Å²) in [5.74, 6) is 1.64. The summed E-state index contributed by atoms with van der Waals surface area (Å²) in [6.07, 6.45) is 1.88. The summed E-state index contributed by atoms with van der Waals surface area (Å²) >= 11 is 0. The van der Waals surface area contributed by atoms with Gasteiger partial charge in [-0.25, -0.2) is 0 Å². The molecule has 0 fully saturated rings. The van der Waals surface area contributed by atoms with Crippen molar-refractivity contribution in [3.63, 3.8) is 0 Å². The maximum Gasteiger partial charge on any atom is 0.163 e. The molecule has 0 bridgehead atoms. The molecule has 1 N–H and O–H groups in total. The maximum absolute atomic E-state index is 5.70. The van der Waals surface area contributed by atoms with Crippen LogP contribution in [0.15, 0.2) is 24.3 Å². The normalized spacial score (nSPS) is 13.8. The van der Waals surface area contributed by atoms with E-state index in [9.17, 15) is 0 Å². The van der Waals surface area contributed by atoms with Crippen LogP contribution in [-0.2, 0) is 20.0 Å². The van der Waals surface area contributed by atoms with Gasteiger partial charge in [0, 0.05) is 25.2 Å². The van der Waals surface area contributed by atoms with Gasteiger partial charge in [-0.1, -0.05) is 6.92 Å². The Kier molecular flexibility index (Phi) is 3.99. The lowest BCUT2D eigenvalue weighted by Gasteiger charge is -2.11.